The standard InChI is InChI=1S/C18H36N2/c1-6-11-19-17-10-7-15(18(2,3)4)12-14(17)13-20(5)16-8-9-16/h14-17,19H,6-13H2,1-5H3. The van der Waals surface area contributed by atoms with Gasteiger partial charge < -0.3 is 10.2 Å². The monoisotopic (exact) mass is 280 g/mol. The maximum Gasteiger partial charge on any atom is 0.0108 e. The van der Waals surface area contributed by atoms with E-state index in [-0.39, 0.29) is 0 Å². The Labute approximate surface area is 126 Å². The van der Waals surface area contributed by atoms with Crippen LogP contribution >= 0.6 is 0 Å². The number of rotatable bonds is 6. The highest BCUT2D eigenvalue weighted by atomic mass is 15.2. The minimum absolute atomic E-state index is 0.478. The molecule has 118 valence electrons. The van der Waals surface area contributed by atoms with E-state index in [2.05, 4.69) is 45.0 Å². The Bertz CT molecular complexity index is 290. The summed E-state index contributed by atoms with van der Waals surface area (Å²) in [5.74, 6) is 1.75. The number of hydrogen-bond donors (Lipinski definition) is 1. The third-order valence-corrected chi connectivity index (χ3v) is 5.56. The van der Waals surface area contributed by atoms with E-state index in [1.54, 1.807) is 0 Å². The molecule has 2 nitrogen and oxygen atoms in total. The first-order valence-corrected chi connectivity index (χ1v) is 8.85. The van der Waals surface area contributed by atoms with Crippen molar-refractivity contribution in [2.75, 3.05) is 20.1 Å². The van der Waals surface area contributed by atoms with Gasteiger partial charge in [0.25, 0.3) is 0 Å². The van der Waals surface area contributed by atoms with Crippen LogP contribution in [0, 0.1) is 17.3 Å². The molecule has 0 amide bonds. The SMILES string of the molecule is CCCNC1CCC(C(C)(C)C)CC1CN(C)C1CC1. The summed E-state index contributed by atoms with van der Waals surface area (Å²) in [4.78, 5) is 2.64. The van der Waals surface area contributed by atoms with Crippen LogP contribution in [-0.2, 0) is 0 Å². The van der Waals surface area contributed by atoms with E-state index < -0.39 is 0 Å². The first-order valence-electron chi connectivity index (χ1n) is 8.85. The van der Waals surface area contributed by atoms with E-state index in [4.69, 9.17) is 0 Å². The summed E-state index contributed by atoms with van der Waals surface area (Å²) >= 11 is 0. The molecule has 1 N–H and O–H groups in total. The molecule has 0 radical (unpaired) electrons. The van der Waals surface area contributed by atoms with E-state index in [1.807, 2.05) is 0 Å². The van der Waals surface area contributed by atoms with Crippen LogP contribution in [0.15, 0.2) is 0 Å². The number of hydrogen-bond acceptors (Lipinski definition) is 2. The molecule has 2 heteroatoms. The molecule has 0 aromatic heterocycles. The topological polar surface area (TPSA) is 15.3 Å². The average Bonchev–Trinajstić information content (AvgIpc) is 3.20. The average molecular weight is 281 g/mol. The van der Waals surface area contributed by atoms with Crippen molar-refractivity contribution < 1.29 is 0 Å². The molecule has 2 fully saturated rings. The van der Waals surface area contributed by atoms with Crippen LogP contribution in [0.3, 0.4) is 0 Å². The normalized spacial score (nSPS) is 31.8. The number of nitrogens with one attached hydrogen (secondary N) is 1. The van der Waals surface area contributed by atoms with E-state index >= 15 is 0 Å². The van der Waals surface area contributed by atoms with Crippen molar-refractivity contribution >= 4 is 0 Å². The Hall–Kier alpha value is -0.0800. The second-order valence-corrected chi connectivity index (χ2v) is 8.37. The van der Waals surface area contributed by atoms with Crippen molar-refractivity contribution in [1.29, 1.82) is 0 Å². The van der Waals surface area contributed by atoms with Gasteiger partial charge in [0.1, 0.15) is 0 Å². The van der Waals surface area contributed by atoms with Gasteiger partial charge in [0.15, 0.2) is 0 Å². The van der Waals surface area contributed by atoms with E-state index in [9.17, 15) is 0 Å². The molecule has 2 saturated carbocycles. The van der Waals surface area contributed by atoms with Gasteiger partial charge in [-0.3, -0.25) is 0 Å². The lowest BCUT2D eigenvalue weighted by atomic mass is 9.67. The zero-order valence-corrected chi connectivity index (χ0v) is 14.4. The molecule has 0 heterocycles. The second-order valence-electron chi connectivity index (χ2n) is 8.37. The Balaban J connectivity index is 1.94. The van der Waals surface area contributed by atoms with Crippen molar-refractivity contribution in [1.82, 2.24) is 10.2 Å². The first kappa shape index (κ1) is 16.3. The second kappa shape index (κ2) is 6.79. The van der Waals surface area contributed by atoms with Gasteiger partial charge in [0.2, 0.25) is 0 Å². The Morgan fingerprint density at radius 3 is 2.35 bits per heavy atom. The van der Waals surface area contributed by atoms with Crippen molar-refractivity contribution in [2.45, 2.75) is 78.3 Å². The minimum Gasteiger partial charge on any atom is -0.314 e. The maximum atomic E-state index is 3.83. The van der Waals surface area contributed by atoms with E-state index in [0.717, 1.165) is 23.9 Å². The molecule has 3 atom stereocenters. The van der Waals surface area contributed by atoms with E-state index in [1.165, 1.54) is 51.6 Å². The summed E-state index contributed by atoms with van der Waals surface area (Å²) < 4.78 is 0. The van der Waals surface area contributed by atoms with Gasteiger partial charge in [-0.05, 0) is 69.4 Å². The largest absolute Gasteiger partial charge is 0.314 e. The molecule has 0 spiro atoms. The fraction of sp³-hybridized carbons (Fsp3) is 1.00. The molecular formula is C18H36N2. The highest BCUT2D eigenvalue weighted by molar-refractivity contribution is 4.92. The molecule has 0 bridgehead atoms. The van der Waals surface area contributed by atoms with Crippen LogP contribution in [0.2, 0.25) is 0 Å². The molecule has 0 aromatic rings. The van der Waals surface area contributed by atoms with Gasteiger partial charge in [-0.1, -0.05) is 27.7 Å². The molecule has 2 aliphatic rings. The van der Waals surface area contributed by atoms with E-state index in [0.29, 0.717) is 5.41 Å². The molecule has 2 aliphatic carbocycles. The van der Waals surface area contributed by atoms with Gasteiger partial charge in [0.05, 0.1) is 0 Å². The van der Waals surface area contributed by atoms with Crippen molar-refractivity contribution in [3.8, 4) is 0 Å². The summed E-state index contributed by atoms with van der Waals surface area (Å²) in [7, 11) is 2.34. The summed E-state index contributed by atoms with van der Waals surface area (Å²) in [6, 6.07) is 1.66. The lowest BCUT2D eigenvalue weighted by molar-refractivity contribution is 0.0918. The van der Waals surface area contributed by atoms with Crippen molar-refractivity contribution in [2.24, 2.45) is 17.3 Å². The number of nitrogens with zero attached hydrogens (tertiary/aromatic N) is 1. The van der Waals surface area contributed by atoms with Crippen LogP contribution < -0.4 is 5.32 Å². The summed E-state index contributed by atoms with van der Waals surface area (Å²) in [5, 5.41) is 3.83. The fourth-order valence-corrected chi connectivity index (χ4v) is 3.89. The van der Waals surface area contributed by atoms with Crippen molar-refractivity contribution in [3.63, 3.8) is 0 Å². The lowest BCUT2D eigenvalue weighted by Gasteiger charge is -2.43. The lowest BCUT2D eigenvalue weighted by Crippen LogP contribution is -2.47. The quantitative estimate of drug-likeness (QED) is 0.793. The first-order chi connectivity index (χ1) is 9.41. The molecule has 0 aromatic carbocycles. The van der Waals surface area contributed by atoms with Crippen LogP contribution in [0.25, 0.3) is 0 Å². The maximum absolute atomic E-state index is 3.83. The minimum atomic E-state index is 0.478. The Morgan fingerprint density at radius 1 is 1.10 bits per heavy atom. The van der Waals surface area contributed by atoms with Crippen LogP contribution in [0.5, 0.6) is 0 Å². The van der Waals surface area contributed by atoms with Crippen molar-refractivity contribution in [3.05, 3.63) is 0 Å². The van der Waals surface area contributed by atoms with Gasteiger partial charge >= 0.3 is 0 Å². The Morgan fingerprint density at radius 2 is 1.80 bits per heavy atom. The third-order valence-electron chi connectivity index (χ3n) is 5.56. The fourth-order valence-electron chi connectivity index (χ4n) is 3.89. The third kappa shape index (κ3) is 4.46. The molecule has 3 unspecified atom stereocenters. The Kier molecular flexibility index (Phi) is 5.53. The van der Waals surface area contributed by atoms with Crippen LogP contribution in [-0.4, -0.2) is 37.1 Å². The smallest absolute Gasteiger partial charge is 0.0108 e. The van der Waals surface area contributed by atoms with Gasteiger partial charge in [-0.2, -0.15) is 0 Å². The highest BCUT2D eigenvalue weighted by Gasteiger charge is 2.37. The predicted molar refractivity (Wildman–Crippen MR) is 88.0 cm³/mol. The molecular weight excluding hydrogens is 244 g/mol. The molecule has 0 aliphatic heterocycles. The van der Waals surface area contributed by atoms with Crippen LogP contribution in [0.1, 0.15) is 66.2 Å². The highest BCUT2D eigenvalue weighted by Crippen LogP contribution is 2.41. The molecule has 2 rings (SSSR count). The zero-order valence-electron chi connectivity index (χ0n) is 14.4. The summed E-state index contributed by atoms with van der Waals surface area (Å²) in [6.45, 7) is 12.1. The predicted octanol–water partition coefficient (Wildman–Crippen LogP) is 3.91. The zero-order chi connectivity index (χ0) is 14.8. The molecule has 20 heavy (non-hydrogen) atoms. The summed E-state index contributed by atoms with van der Waals surface area (Å²) in [5.41, 5.74) is 0.478. The van der Waals surface area contributed by atoms with Gasteiger partial charge in [-0.25, -0.2) is 0 Å². The summed E-state index contributed by atoms with van der Waals surface area (Å²) in [6.07, 6.45) is 8.32. The molecule has 0 saturated heterocycles. The van der Waals surface area contributed by atoms with Gasteiger partial charge in [-0.15, -0.1) is 0 Å². The van der Waals surface area contributed by atoms with Gasteiger partial charge in [0, 0.05) is 18.6 Å². The van der Waals surface area contributed by atoms with Crippen LogP contribution in [0.4, 0.5) is 0 Å².